The van der Waals surface area contributed by atoms with Crippen LogP contribution in [0.5, 0.6) is 0 Å². The van der Waals surface area contributed by atoms with Gasteiger partial charge in [0, 0.05) is 22.1 Å². The highest BCUT2D eigenvalue weighted by atomic mass is 32.2. The third kappa shape index (κ3) is 4.64. The number of allylic oxidation sites excluding steroid dienone is 5. The molecule has 3 heteroatoms. The van der Waals surface area contributed by atoms with Crippen LogP contribution < -0.4 is 0 Å². The fourth-order valence-corrected chi connectivity index (χ4v) is 3.95. The molecule has 1 aliphatic rings. The molecule has 0 spiro atoms. The highest BCUT2D eigenvalue weighted by molar-refractivity contribution is 7.99. The van der Waals surface area contributed by atoms with Crippen LogP contribution in [0.15, 0.2) is 53.0 Å². The number of hydrogen-bond acceptors (Lipinski definition) is 3. The van der Waals surface area contributed by atoms with E-state index in [1.54, 1.807) is 6.92 Å². The van der Waals surface area contributed by atoms with Gasteiger partial charge in [0.15, 0.2) is 0 Å². The summed E-state index contributed by atoms with van der Waals surface area (Å²) in [4.78, 5) is 12.8. The monoisotopic (exact) mass is 342 g/mol. The Labute approximate surface area is 149 Å². The van der Waals surface area contributed by atoms with Crippen LogP contribution in [0, 0.1) is 0 Å². The SMILES string of the molecule is CCOC(=O)/C=C(C)/C=C/C=C(\C)c1ccc2c(c1)C(C)(C)CS2. The van der Waals surface area contributed by atoms with Gasteiger partial charge in [0.05, 0.1) is 6.61 Å². The zero-order valence-electron chi connectivity index (χ0n) is 15.2. The van der Waals surface area contributed by atoms with E-state index in [0.29, 0.717) is 6.61 Å². The minimum absolute atomic E-state index is 0.241. The van der Waals surface area contributed by atoms with Crippen molar-refractivity contribution in [2.24, 2.45) is 0 Å². The Balaban J connectivity index is 2.12. The summed E-state index contributed by atoms with van der Waals surface area (Å²) in [5.41, 5.74) is 5.03. The lowest BCUT2D eigenvalue weighted by Crippen LogP contribution is -2.15. The van der Waals surface area contributed by atoms with Crippen LogP contribution in [0.25, 0.3) is 5.57 Å². The maximum absolute atomic E-state index is 11.4. The van der Waals surface area contributed by atoms with E-state index in [0.717, 1.165) is 11.3 Å². The topological polar surface area (TPSA) is 26.3 Å². The molecule has 1 aromatic rings. The second-order valence-corrected chi connectivity index (χ2v) is 7.75. The molecule has 0 aromatic heterocycles. The van der Waals surface area contributed by atoms with Crippen molar-refractivity contribution in [3.05, 3.63) is 59.2 Å². The van der Waals surface area contributed by atoms with Crippen molar-refractivity contribution < 1.29 is 9.53 Å². The summed E-state index contributed by atoms with van der Waals surface area (Å²) in [5, 5.41) is 0. The summed E-state index contributed by atoms with van der Waals surface area (Å²) in [5.74, 6) is 0.852. The first-order valence-corrected chi connectivity index (χ1v) is 9.30. The first kappa shape index (κ1) is 18.6. The molecule has 24 heavy (non-hydrogen) atoms. The first-order chi connectivity index (χ1) is 11.3. The lowest BCUT2D eigenvalue weighted by atomic mass is 9.85. The fourth-order valence-electron chi connectivity index (χ4n) is 2.62. The summed E-state index contributed by atoms with van der Waals surface area (Å²) in [6.07, 6.45) is 7.50. The molecule has 0 atom stereocenters. The van der Waals surface area contributed by atoms with E-state index in [4.69, 9.17) is 4.74 Å². The van der Waals surface area contributed by atoms with Gasteiger partial charge in [-0.3, -0.25) is 0 Å². The smallest absolute Gasteiger partial charge is 0.330 e. The van der Waals surface area contributed by atoms with Crippen molar-refractivity contribution in [1.29, 1.82) is 0 Å². The zero-order valence-corrected chi connectivity index (χ0v) is 16.0. The minimum Gasteiger partial charge on any atom is -0.463 e. The van der Waals surface area contributed by atoms with Gasteiger partial charge in [-0.25, -0.2) is 4.79 Å². The van der Waals surface area contributed by atoms with E-state index >= 15 is 0 Å². The quantitative estimate of drug-likeness (QED) is 0.399. The molecular weight excluding hydrogens is 316 g/mol. The predicted molar refractivity (Wildman–Crippen MR) is 103 cm³/mol. The third-order valence-electron chi connectivity index (χ3n) is 4.09. The summed E-state index contributed by atoms with van der Waals surface area (Å²) >= 11 is 1.94. The predicted octanol–water partition coefficient (Wildman–Crippen LogP) is 5.54. The molecule has 0 saturated carbocycles. The van der Waals surface area contributed by atoms with E-state index < -0.39 is 0 Å². The van der Waals surface area contributed by atoms with Crippen LogP contribution in [-0.2, 0) is 14.9 Å². The van der Waals surface area contributed by atoms with Gasteiger partial charge in [-0.1, -0.05) is 38.1 Å². The number of thioether (sulfide) groups is 1. The van der Waals surface area contributed by atoms with Gasteiger partial charge in [0.2, 0.25) is 0 Å². The van der Waals surface area contributed by atoms with Crippen LogP contribution in [0.4, 0.5) is 0 Å². The number of ether oxygens (including phenoxy) is 1. The normalized spacial score (nSPS) is 17.2. The minimum atomic E-state index is -0.293. The lowest BCUT2D eigenvalue weighted by molar-refractivity contribution is -0.137. The Morgan fingerprint density at radius 1 is 1.33 bits per heavy atom. The molecule has 1 heterocycles. The van der Waals surface area contributed by atoms with Crippen LogP contribution in [0.2, 0.25) is 0 Å². The number of carbonyl (C=O) groups excluding carboxylic acids is 1. The van der Waals surface area contributed by atoms with Crippen LogP contribution in [0.1, 0.15) is 45.7 Å². The summed E-state index contributed by atoms with van der Waals surface area (Å²) in [7, 11) is 0. The highest BCUT2D eigenvalue weighted by Gasteiger charge is 2.30. The van der Waals surface area contributed by atoms with Crippen molar-refractivity contribution >= 4 is 23.3 Å². The van der Waals surface area contributed by atoms with Gasteiger partial charge in [-0.2, -0.15) is 0 Å². The molecular formula is C21H26O2S. The standard InChI is InChI=1S/C21H26O2S/c1-6-23-20(22)12-15(2)8-7-9-16(3)17-10-11-19-18(13-17)21(4,5)14-24-19/h7-13H,6,14H2,1-5H3/b8-7+,15-12+,16-9+. The Kier molecular flexibility index (Phi) is 6.11. The number of esters is 1. The third-order valence-corrected chi connectivity index (χ3v) is 5.62. The fraction of sp³-hybridized carbons (Fsp3) is 0.381. The van der Waals surface area contributed by atoms with Gasteiger partial charge in [-0.15, -0.1) is 11.8 Å². The average molecular weight is 343 g/mol. The largest absolute Gasteiger partial charge is 0.463 e. The maximum atomic E-state index is 11.4. The molecule has 1 aliphatic heterocycles. The number of fused-ring (bicyclic) bond motifs is 1. The van der Waals surface area contributed by atoms with E-state index in [1.165, 1.54) is 27.7 Å². The Morgan fingerprint density at radius 2 is 2.08 bits per heavy atom. The van der Waals surface area contributed by atoms with Gasteiger partial charge in [0.25, 0.3) is 0 Å². The summed E-state index contributed by atoms with van der Waals surface area (Å²) in [6, 6.07) is 6.74. The van der Waals surface area contributed by atoms with Crippen LogP contribution in [0.3, 0.4) is 0 Å². The summed E-state index contributed by atoms with van der Waals surface area (Å²) in [6.45, 7) is 10.8. The zero-order chi connectivity index (χ0) is 17.7. The van der Waals surface area contributed by atoms with Crippen LogP contribution >= 0.6 is 11.8 Å². The molecule has 2 nitrogen and oxygen atoms in total. The second-order valence-electron chi connectivity index (χ2n) is 6.73. The molecule has 0 saturated heterocycles. The average Bonchev–Trinajstić information content (AvgIpc) is 2.82. The van der Waals surface area contributed by atoms with E-state index in [2.05, 4.69) is 45.0 Å². The Hall–Kier alpha value is -1.74. The lowest BCUT2D eigenvalue weighted by Gasteiger charge is -2.18. The molecule has 0 radical (unpaired) electrons. The molecule has 128 valence electrons. The molecule has 2 rings (SSSR count). The molecule has 0 unspecified atom stereocenters. The van der Waals surface area contributed by atoms with Crippen molar-refractivity contribution in [2.45, 2.75) is 44.9 Å². The van der Waals surface area contributed by atoms with Gasteiger partial charge in [0.1, 0.15) is 0 Å². The van der Waals surface area contributed by atoms with E-state index in [9.17, 15) is 4.79 Å². The molecule has 0 N–H and O–H groups in total. The van der Waals surface area contributed by atoms with Crippen LogP contribution in [-0.4, -0.2) is 18.3 Å². The molecule has 0 aliphatic carbocycles. The molecule has 1 aromatic carbocycles. The van der Waals surface area contributed by atoms with Crippen molar-refractivity contribution in [3.63, 3.8) is 0 Å². The number of benzene rings is 1. The number of hydrogen-bond donors (Lipinski definition) is 0. The Morgan fingerprint density at radius 3 is 2.79 bits per heavy atom. The molecule has 0 bridgehead atoms. The second kappa shape index (κ2) is 7.89. The highest BCUT2D eigenvalue weighted by Crippen LogP contribution is 2.44. The van der Waals surface area contributed by atoms with Crippen molar-refractivity contribution in [2.75, 3.05) is 12.4 Å². The maximum Gasteiger partial charge on any atom is 0.330 e. The molecule has 0 fully saturated rings. The first-order valence-electron chi connectivity index (χ1n) is 8.31. The van der Waals surface area contributed by atoms with Crippen molar-refractivity contribution in [1.82, 2.24) is 0 Å². The van der Waals surface area contributed by atoms with Gasteiger partial charge < -0.3 is 4.74 Å². The Bertz CT molecular complexity index is 709. The number of rotatable bonds is 5. The van der Waals surface area contributed by atoms with E-state index in [1.807, 2.05) is 30.8 Å². The van der Waals surface area contributed by atoms with Crippen molar-refractivity contribution in [3.8, 4) is 0 Å². The van der Waals surface area contributed by atoms with Gasteiger partial charge >= 0.3 is 5.97 Å². The molecule has 0 amide bonds. The van der Waals surface area contributed by atoms with E-state index in [-0.39, 0.29) is 11.4 Å². The summed E-state index contributed by atoms with van der Waals surface area (Å²) < 4.78 is 4.90. The number of carbonyl (C=O) groups is 1. The van der Waals surface area contributed by atoms with Gasteiger partial charge in [-0.05, 0) is 55.2 Å².